The van der Waals surface area contributed by atoms with Crippen LogP contribution in [-0.4, -0.2) is 29.3 Å². The Kier molecular flexibility index (Phi) is 5.59. The maximum Gasteiger partial charge on any atom is 0.0590 e. The molecule has 3 heteroatoms. The Bertz CT molecular complexity index is 51.7. The highest BCUT2D eigenvalue weighted by Crippen LogP contribution is 1.98. The first-order valence-electron chi connectivity index (χ1n) is 2.75. The van der Waals surface area contributed by atoms with Crippen molar-refractivity contribution in [1.29, 1.82) is 0 Å². The van der Waals surface area contributed by atoms with Gasteiger partial charge in [-0.05, 0) is 5.75 Å². The zero-order valence-corrected chi connectivity index (χ0v) is 5.95. The van der Waals surface area contributed by atoms with Crippen molar-refractivity contribution >= 4 is 11.8 Å². The van der Waals surface area contributed by atoms with Crippen LogP contribution in [-0.2, 0) is 0 Å². The van der Waals surface area contributed by atoms with Gasteiger partial charge >= 0.3 is 0 Å². The van der Waals surface area contributed by atoms with E-state index >= 15 is 0 Å². The number of hydrogen-bond acceptors (Lipinski definition) is 3. The van der Waals surface area contributed by atoms with E-state index in [9.17, 15) is 0 Å². The Hall–Kier alpha value is 0.270. The lowest BCUT2D eigenvalue weighted by atomic mass is 10.4. The van der Waals surface area contributed by atoms with Gasteiger partial charge in [-0.1, -0.05) is 6.92 Å². The van der Waals surface area contributed by atoms with Crippen molar-refractivity contribution in [2.45, 2.75) is 13.0 Å². The Labute approximate surface area is 54.5 Å². The van der Waals surface area contributed by atoms with E-state index in [0.29, 0.717) is 0 Å². The van der Waals surface area contributed by atoms with E-state index in [1.807, 2.05) is 0 Å². The molecule has 8 heavy (non-hydrogen) atoms. The van der Waals surface area contributed by atoms with Crippen LogP contribution in [0.5, 0.6) is 0 Å². The molecule has 0 saturated heterocycles. The average Bonchev–Trinajstić information content (AvgIpc) is 1.83. The molecule has 0 fully saturated rings. The molecule has 0 heterocycles. The molecule has 0 aliphatic rings. The minimum Gasteiger partial charge on any atom is -0.395 e. The monoisotopic (exact) mass is 135 g/mol. The summed E-state index contributed by atoms with van der Waals surface area (Å²) in [7, 11) is 0. The summed E-state index contributed by atoms with van der Waals surface area (Å²) in [5, 5.41) is 8.42. The van der Waals surface area contributed by atoms with Crippen molar-refractivity contribution in [3.8, 4) is 0 Å². The maximum absolute atomic E-state index is 8.42. The Morgan fingerprint density at radius 1 is 1.75 bits per heavy atom. The number of hydrogen-bond donors (Lipinski definition) is 2. The first-order chi connectivity index (χ1) is 3.81. The van der Waals surface area contributed by atoms with Crippen molar-refractivity contribution in [3.63, 3.8) is 0 Å². The van der Waals surface area contributed by atoms with Gasteiger partial charge in [-0.2, -0.15) is 11.8 Å². The van der Waals surface area contributed by atoms with Crippen LogP contribution >= 0.6 is 11.8 Å². The molecule has 1 atom stereocenters. The number of rotatable bonds is 4. The minimum atomic E-state index is -0.0278. The van der Waals surface area contributed by atoms with Crippen LogP contribution in [0.2, 0.25) is 0 Å². The van der Waals surface area contributed by atoms with Gasteiger partial charge in [0.25, 0.3) is 0 Å². The van der Waals surface area contributed by atoms with Gasteiger partial charge in [0, 0.05) is 11.8 Å². The second kappa shape index (κ2) is 5.41. The number of aliphatic hydroxyl groups is 1. The first kappa shape index (κ1) is 8.27. The van der Waals surface area contributed by atoms with Gasteiger partial charge in [0.1, 0.15) is 0 Å². The molecule has 0 aromatic carbocycles. The predicted molar refractivity (Wildman–Crippen MR) is 38.1 cm³/mol. The normalized spacial score (nSPS) is 13.9. The average molecular weight is 135 g/mol. The molecule has 0 radical (unpaired) electrons. The molecule has 3 N–H and O–H groups in total. The summed E-state index contributed by atoms with van der Waals surface area (Å²) < 4.78 is 0. The third kappa shape index (κ3) is 4.43. The van der Waals surface area contributed by atoms with Gasteiger partial charge in [-0.15, -0.1) is 0 Å². The SMILES string of the molecule is CCSC[C@@H](N)CO. The van der Waals surface area contributed by atoms with Crippen LogP contribution in [0.15, 0.2) is 0 Å². The molecule has 50 valence electrons. The number of nitrogens with two attached hydrogens (primary N) is 1. The van der Waals surface area contributed by atoms with Crippen LogP contribution in [0.25, 0.3) is 0 Å². The fourth-order valence-corrected chi connectivity index (χ4v) is 0.966. The van der Waals surface area contributed by atoms with Gasteiger partial charge in [-0.3, -0.25) is 0 Å². The van der Waals surface area contributed by atoms with Gasteiger partial charge in [-0.25, -0.2) is 0 Å². The van der Waals surface area contributed by atoms with Crippen LogP contribution < -0.4 is 5.73 Å². The van der Waals surface area contributed by atoms with Crippen molar-refractivity contribution in [1.82, 2.24) is 0 Å². The molecule has 0 rings (SSSR count). The van der Waals surface area contributed by atoms with Crippen LogP contribution in [0.4, 0.5) is 0 Å². The molecule has 0 aliphatic carbocycles. The second-order valence-corrected chi connectivity index (χ2v) is 2.92. The highest BCUT2D eigenvalue weighted by atomic mass is 32.2. The molecule has 0 aromatic heterocycles. The lowest BCUT2D eigenvalue weighted by Gasteiger charge is -2.04. The lowest BCUT2D eigenvalue weighted by molar-refractivity contribution is 0.275. The van der Waals surface area contributed by atoms with E-state index in [1.165, 1.54) is 0 Å². The Morgan fingerprint density at radius 2 is 2.38 bits per heavy atom. The lowest BCUT2D eigenvalue weighted by Crippen LogP contribution is -2.26. The summed E-state index contributed by atoms with van der Waals surface area (Å²) >= 11 is 1.76. The summed E-state index contributed by atoms with van der Waals surface area (Å²) in [6.07, 6.45) is 0. The van der Waals surface area contributed by atoms with Crippen LogP contribution in [0.1, 0.15) is 6.92 Å². The minimum absolute atomic E-state index is 0.0278. The fourth-order valence-electron chi connectivity index (χ4n) is 0.322. The van der Waals surface area contributed by atoms with Crippen molar-refractivity contribution in [2.75, 3.05) is 18.1 Å². The van der Waals surface area contributed by atoms with Gasteiger partial charge in [0.15, 0.2) is 0 Å². The maximum atomic E-state index is 8.42. The molecular weight excluding hydrogens is 122 g/mol. The second-order valence-electron chi connectivity index (χ2n) is 1.60. The topological polar surface area (TPSA) is 46.2 Å². The molecular formula is C5H13NOS. The van der Waals surface area contributed by atoms with Gasteiger partial charge in [0.2, 0.25) is 0 Å². The van der Waals surface area contributed by atoms with E-state index < -0.39 is 0 Å². The molecule has 0 aliphatic heterocycles. The summed E-state index contributed by atoms with van der Waals surface area (Å²) in [5.41, 5.74) is 5.39. The zero-order chi connectivity index (χ0) is 6.41. The smallest absolute Gasteiger partial charge is 0.0590 e. The Morgan fingerprint density at radius 3 is 2.75 bits per heavy atom. The highest BCUT2D eigenvalue weighted by Gasteiger charge is 1.96. The molecule has 0 aromatic rings. The van der Waals surface area contributed by atoms with E-state index in [-0.39, 0.29) is 12.6 Å². The molecule has 0 unspecified atom stereocenters. The molecule has 2 nitrogen and oxygen atoms in total. The summed E-state index contributed by atoms with van der Waals surface area (Å²) in [6, 6.07) is -0.0278. The molecule has 0 amide bonds. The third-order valence-corrected chi connectivity index (χ3v) is 1.84. The summed E-state index contributed by atoms with van der Waals surface area (Å²) in [5.74, 6) is 1.95. The zero-order valence-electron chi connectivity index (χ0n) is 5.13. The molecule has 0 spiro atoms. The predicted octanol–water partition coefficient (Wildman–Crippen LogP) is 0.0591. The van der Waals surface area contributed by atoms with Gasteiger partial charge in [0.05, 0.1) is 6.61 Å². The third-order valence-electron chi connectivity index (χ3n) is 0.771. The van der Waals surface area contributed by atoms with Gasteiger partial charge < -0.3 is 10.8 Å². The summed E-state index contributed by atoms with van der Waals surface area (Å²) in [4.78, 5) is 0. The quantitative estimate of drug-likeness (QED) is 0.573. The number of aliphatic hydroxyl groups excluding tert-OH is 1. The van der Waals surface area contributed by atoms with E-state index in [4.69, 9.17) is 10.8 Å². The van der Waals surface area contributed by atoms with Crippen molar-refractivity contribution < 1.29 is 5.11 Å². The van der Waals surface area contributed by atoms with E-state index in [1.54, 1.807) is 11.8 Å². The highest BCUT2D eigenvalue weighted by molar-refractivity contribution is 7.99. The fraction of sp³-hybridized carbons (Fsp3) is 1.00. The van der Waals surface area contributed by atoms with Crippen molar-refractivity contribution in [3.05, 3.63) is 0 Å². The molecule has 0 bridgehead atoms. The van der Waals surface area contributed by atoms with Crippen molar-refractivity contribution in [2.24, 2.45) is 5.73 Å². The Balaban J connectivity index is 2.86. The van der Waals surface area contributed by atoms with E-state index in [2.05, 4.69) is 6.92 Å². The standard InChI is InChI=1S/C5H13NOS/c1-2-8-4-5(6)3-7/h5,7H,2-4,6H2,1H3/t5-/m0/s1. The number of thioether (sulfide) groups is 1. The largest absolute Gasteiger partial charge is 0.395 e. The van der Waals surface area contributed by atoms with E-state index in [0.717, 1.165) is 11.5 Å². The van der Waals surface area contributed by atoms with Crippen LogP contribution in [0.3, 0.4) is 0 Å². The van der Waals surface area contributed by atoms with Crippen LogP contribution in [0, 0.1) is 0 Å². The molecule has 0 saturated carbocycles. The first-order valence-corrected chi connectivity index (χ1v) is 3.91. The summed E-state index contributed by atoms with van der Waals surface area (Å²) in [6.45, 7) is 2.18.